The zero-order valence-corrected chi connectivity index (χ0v) is 7.76. The number of hydrogen-bond acceptors (Lipinski definition) is 4. The van der Waals surface area contributed by atoms with E-state index in [2.05, 4.69) is 10.8 Å². The van der Waals surface area contributed by atoms with Crippen molar-refractivity contribution in [1.82, 2.24) is 0 Å². The van der Waals surface area contributed by atoms with Gasteiger partial charge in [-0.05, 0) is 10.8 Å². The molecule has 0 nitrogen and oxygen atoms in total. The summed E-state index contributed by atoms with van der Waals surface area (Å²) < 4.78 is 3.01. The molecular weight excluding hydrogens is 188 g/mol. The fraction of sp³-hybridized carbons (Fsp3) is 0.200. The van der Waals surface area contributed by atoms with Gasteiger partial charge in [-0.2, -0.15) is 0 Å². The van der Waals surface area contributed by atoms with Crippen LogP contribution >= 0.6 is 47.0 Å². The minimum Gasteiger partial charge on any atom is -0.106 e. The summed E-state index contributed by atoms with van der Waals surface area (Å²) in [4.78, 5) is 0. The van der Waals surface area contributed by atoms with Crippen LogP contribution < -0.4 is 0 Å². The molecule has 0 aromatic heterocycles. The third-order valence-electron chi connectivity index (χ3n) is 0.952. The Morgan fingerprint density at radius 2 is 1.56 bits per heavy atom. The Balaban J connectivity index is 2.21. The molecule has 0 saturated heterocycles. The quantitative estimate of drug-likeness (QED) is 0.576. The standard InChI is InChI=1S/C5H4S4/c1-2-7-5-4(6-1)8-3-9-5/h1-2H,3H2. The van der Waals surface area contributed by atoms with Crippen LogP contribution in [0.1, 0.15) is 0 Å². The molecule has 2 rings (SSSR count). The highest BCUT2D eigenvalue weighted by Crippen LogP contribution is 2.53. The summed E-state index contributed by atoms with van der Waals surface area (Å²) in [6.07, 6.45) is 0. The first kappa shape index (κ1) is 6.58. The van der Waals surface area contributed by atoms with Crippen molar-refractivity contribution < 1.29 is 0 Å². The highest BCUT2D eigenvalue weighted by Gasteiger charge is 2.17. The molecule has 0 saturated carbocycles. The average molecular weight is 192 g/mol. The molecule has 2 aliphatic rings. The average Bonchev–Trinajstić information content (AvgIpc) is 2.33. The second-order valence-corrected chi connectivity index (χ2v) is 6.18. The van der Waals surface area contributed by atoms with Gasteiger partial charge in [-0.1, -0.05) is 23.5 Å². The van der Waals surface area contributed by atoms with Gasteiger partial charge in [-0.3, -0.25) is 0 Å². The molecule has 2 aliphatic heterocycles. The van der Waals surface area contributed by atoms with Crippen LogP contribution in [0.5, 0.6) is 0 Å². The molecule has 0 aliphatic carbocycles. The summed E-state index contributed by atoms with van der Waals surface area (Å²) in [7, 11) is 0. The number of thioether (sulfide) groups is 4. The van der Waals surface area contributed by atoms with E-state index < -0.39 is 0 Å². The maximum atomic E-state index is 2.16. The fourth-order valence-electron chi connectivity index (χ4n) is 0.598. The van der Waals surface area contributed by atoms with Gasteiger partial charge in [0.15, 0.2) is 0 Å². The summed E-state index contributed by atoms with van der Waals surface area (Å²) in [5.74, 6) is 0. The first-order chi connectivity index (χ1) is 4.47. The summed E-state index contributed by atoms with van der Waals surface area (Å²) in [6, 6.07) is 0. The lowest BCUT2D eigenvalue weighted by Gasteiger charge is -2.02. The molecule has 0 radical (unpaired) electrons. The topological polar surface area (TPSA) is 0 Å². The van der Waals surface area contributed by atoms with E-state index in [9.17, 15) is 0 Å². The van der Waals surface area contributed by atoms with E-state index in [-0.39, 0.29) is 0 Å². The van der Waals surface area contributed by atoms with Crippen LogP contribution in [0.25, 0.3) is 0 Å². The maximum absolute atomic E-state index is 2.16. The maximum Gasteiger partial charge on any atom is 0.0656 e. The second kappa shape index (κ2) is 2.86. The van der Waals surface area contributed by atoms with E-state index >= 15 is 0 Å². The van der Waals surface area contributed by atoms with Gasteiger partial charge in [0, 0.05) is 5.08 Å². The molecule has 2 heterocycles. The van der Waals surface area contributed by atoms with Crippen molar-refractivity contribution in [2.24, 2.45) is 0 Å². The van der Waals surface area contributed by atoms with E-state index in [0.717, 1.165) is 0 Å². The Bertz CT molecular complexity index is 163. The lowest BCUT2D eigenvalue weighted by atomic mass is 11.2. The molecular formula is C5H4S4. The van der Waals surface area contributed by atoms with Crippen LogP contribution in [0.2, 0.25) is 0 Å². The number of rotatable bonds is 0. The second-order valence-electron chi connectivity index (χ2n) is 1.49. The van der Waals surface area contributed by atoms with Crippen LogP contribution in [0.3, 0.4) is 0 Å². The van der Waals surface area contributed by atoms with Crippen LogP contribution in [-0.2, 0) is 0 Å². The van der Waals surface area contributed by atoms with E-state index in [4.69, 9.17) is 0 Å². The summed E-state index contributed by atoms with van der Waals surface area (Å²) in [5.41, 5.74) is 0. The van der Waals surface area contributed by atoms with Crippen LogP contribution in [0.4, 0.5) is 0 Å². The Kier molecular flexibility index (Phi) is 2.09. The first-order valence-electron chi connectivity index (χ1n) is 2.45. The molecule has 9 heavy (non-hydrogen) atoms. The molecule has 0 bridgehead atoms. The predicted octanol–water partition coefficient (Wildman–Crippen LogP) is 3.50. The molecule has 0 aromatic rings. The zero-order chi connectivity index (χ0) is 6.10. The Morgan fingerprint density at radius 3 is 2.11 bits per heavy atom. The van der Waals surface area contributed by atoms with E-state index in [1.807, 2.05) is 47.0 Å². The van der Waals surface area contributed by atoms with Crippen molar-refractivity contribution in [3.63, 3.8) is 0 Å². The molecule has 0 aromatic carbocycles. The minimum atomic E-state index is 1.21. The summed E-state index contributed by atoms with van der Waals surface area (Å²) in [5, 5.41) is 5.52. The van der Waals surface area contributed by atoms with E-state index in [0.29, 0.717) is 0 Å². The molecule has 48 valence electrons. The van der Waals surface area contributed by atoms with Gasteiger partial charge in [-0.15, -0.1) is 23.5 Å². The van der Waals surface area contributed by atoms with E-state index in [1.165, 1.54) is 13.6 Å². The third kappa shape index (κ3) is 1.31. The van der Waals surface area contributed by atoms with Crippen molar-refractivity contribution in [3.8, 4) is 0 Å². The predicted molar refractivity (Wildman–Crippen MR) is 51.4 cm³/mol. The molecule has 0 amide bonds. The van der Waals surface area contributed by atoms with Crippen LogP contribution in [-0.4, -0.2) is 5.08 Å². The molecule has 0 fully saturated rings. The smallest absolute Gasteiger partial charge is 0.0656 e. The van der Waals surface area contributed by atoms with Gasteiger partial charge in [0.2, 0.25) is 0 Å². The highest BCUT2D eigenvalue weighted by atomic mass is 32.3. The normalized spacial score (nSPS) is 24.9. The van der Waals surface area contributed by atoms with Crippen molar-refractivity contribution in [3.05, 3.63) is 19.3 Å². The molecule has 0 spiro atoms. The summed E-state index contributed by atoms with van der Waals surface area (Å²) >= 11 is 7.63. The molecule has 0 atom stereocenters. The van der Waals surface area contributed by atoms with Crippen LogP contribution in [0, 0.1) is 0 Å². The third-order valence-corrected chi connectivity index (χ3v) is 6.18. The Hall–Kier alpha value is 0.880. The van der Waals surface area contributed by atoms with Gasteiger partial charge in [0.1, 0.15) is 0 Å². The largest absolute Gasteiger partial charge is 0.106 e. The lowest BCUT2D eigenvalue weighted by molar-refractivity contribution is 2.31. The van der Waals surface area contributed by atoms with Crippen molar-refractivity contribution in [1.29, 1.82) is 0 Å². The Morgan fingerprint density at radius 1 is 1.00 bits per heavy atom. The van der Waals surface area contributed by atoms with Gasteiger partial charge >= 0.3 is 0 Å². The van der Waals surface area contributed by atoms with Crippen molar-refractivity contribution in [2.45, 2.75) is 0 Å². The SMILES string of the molecule is C1=CSC2=C(S1)SCS2. The first-order valence-corrected chi connectivity index (χ1v) is 6.18. The zero-order valence-electron chi connectivity index (χ0n) is 4.49. The van der Waals surface area contributed by atoms with Crippen molar-refractivity contribution in [2.75, 3.05) is 5.08 Å². The van der Waals surface area contributed by atoms with Gasteiger partial charge in [-0.25, -0.2) is 0 Å². The minimum absolute atomic E-state index is 1.21. The molecule has 4 heteroatoms. The van der Waals surface area contributed by atoms with E-state index in [1.54, 1.807) is 0 Å². The molecule has 0 unspecified atom stereocenters. The van der Waals surface area contributed by atoms with Gasteiger partial charge < -0.3 is 0 Å². The molecule has 0 N–H and O–H groups in total. The van der Waals surface area contributed by atoms with Gasteiger partial charge in [0.05, 0.1) is 8.47 Å². The fourth-order valence-corrected chi connectivity index (χ4v) is 5.84. The Labute approximate surface area is 71.3 Å². The van der Waals surface area contributed by atoms with Crippen molar-refractivity contribution >= 4 is 47.0 Å². The summed E-state index contributed by atoms with van der Waals surface area (Å²) in [6.45, 7) is 0. The highest BCUT2D eigenvalue weighted by molar-refractivity contribution is 8.38. The number of hydrogen-bond donors (Lipinski definition) is 0. The lowest BCUT2D eigenvalue weighted by Crippen LogP contribution is -1.68. The van der Waals surface area contributed by atoms with Gasteiger partial charge in [0.25, 0.3) is 0 Å². The monoisotopic (exact) mass is 192 g/mol. The van der Waals surface area contributed by atoms with Crippen LogP contribution in [0.15, 0.2) is 19.3 Å².